The van der Waals surface area contributed by atoms with E-state index >= 15 is 0 Å². The third-order valence-electron chi connectivity index (χ3n) is 2.47. The molecule has 0 saturated heterocycles. The van der Waals surface area contributed by atoms with Gasteiger partial charge in [-0.25, -0.2) is 9.78 Å². The van der Waals surface area contributed by atoms with Crippen LogP contribution in [0.3, 0.4) is 0 Å². The van der Waals surface area contributed by atoms with Gasteiger partial charge in [0.1, 0.15) is 5.69 Å². The lowest BCUT2D eigenvalue weighted by Gasteiger charge is -2.19. The summed E-state index contributed by atoms with van der Waals surface area (Å²) in [6.07, 6.45) is 0. The van der Waals surface area contributed by atoms with Gasteiger partial charge < -0.3 is 9.84 Å². The first-order valence-electron chi connectivity index (χ1n) is 5.58. The van der Waals surface area contributed by atoms with E-state index in [9.17, 15) is 4.79 Å². The highest BCUT2D eigenvalue weighted by Crippen LogP contribution is 2.04. The van der Waals surface area contributed by atoms with Crippen molar-refractivity contribution in [1.29, 1.82) is 0 Å². The van der Waals surface area contributed by atoms with Gasteiger partial charge in [-0.1, -0.05) is 13.0 Å². The molecule has 0 spiro atoms. The first kappa shape index (κ1) is 13.6. The summed E-state index contributed by atoms with van der Waals surface area (Å²) in [4.78, 5) is 17.0. The van der Waals surface area contributed by atoms with Crippen molar-refractivity contribution in [2.75, 3.05) is 26.8 Å². The Labute approximate surface area is 101 Å². The zero-order chi connectivity index (χ0) is 12.7. The number of carboxylic acids is 1. The summed E-state index contributed by atoms with van der Waals surface area (Å²) in [6, 6.07) is 5.05. The molecule has 17 heavy (non-hydrogen) atoms. The molecular weight excluding hydrogens is 220 g/mol. The van der Waals surface area contributed by atoms with Crippen molar-refractivity contribution in [1.82, 2.24) is 9.88 Å². The molecule has 0 unspecified atom stereocenters. The van der Waals surface area contributed by atoms with Gasteiger partial charge in [-0.3, -0.25) is 4.90 Å². The zero-order valence-electron chi connectivity index (χ0n) is 10.2. The lowest BCUT2D eigenvalue weighted by atomic mass is 10.3. The van der Waals surface area contributed by atoms with Gasteiger partial charge in [-0.2, -0.15) is 0 Å². The third kappa shape index (κ3) is 4.50. The smallest absolute Gasteiger partial charge is 0.354 e. The van der Waals surface area contributed by atoms with Gasteiger partial charge in [0.25, 0.3) is 0 Å². The van der Waals surface area contributed by atoms with Crippen LogP contribution in [0.2, 0.25) is 0 Å². The topological polar surface area (TPSA) is 62.7 Å². The molecule has 5 heteroatoms. The van der Waals surface area contributed by atoms with Crippen LogP contribution in [0.1, 0.15) is 23.1 Å². The lowest BCUT2D eigenvalue weighted by Crippen LogP contribution is -2.27. The fourth-order valence-corrected chi connectivity index (χ4v) is 1.49. The average Bonchev–Trinajstić information content (AvgIpc) is 2.34. The molecule has 0 aliphatic rings. The van der Waals surface area contributed by atoms with Crippen LogP contribution in [-0.2, 0) is 11.3 Å². The van der Waals surface area contributed by atoms with Crippen LogP contribution in [0, 0.1) is 0 Å². The highest BCUT2D eigenvalue weighted by molar-refractivity contribution is 5.85. The van der Waals surface area contributed by atoms with E-state index < -0.39 is 5.97 Å². The minimum atomic E-state index is -0.994. The molecule has 1 rings (SSSR count). The van der Waals surface area contributed by atoms with Crippen molar-refractivity contribution in [3.8, 4) is 0 Å². The number of aromatic nitrogens is 1. The van der Waals surface area contributed by atoms with E-state index in [2.05, 4.69) is 16.8 Å². The molecule has 1 heterocycles. The summed E-state index contributed by atoms with van der Waals surface area (Å²) >= 11 is 0. The maximum atomic E-state index is 10.8. The number of rotatable bonds is 7. The Morgan fingerprint density at radius 1 is 1.53 bits per heavy atom. The highest BCUT2D eigenvalue weighted by Gasteiger charge is 2.08. The van der Waals surface area contributed by atoms with Crippen molar-refractivity contribution >= 4 is 5.97 Å². The average molecular weight is 238 g/mol. The number of methoxy groups -OCH3 is 1. The molecule has 0 aliphatic carbocycles. The molecule has 5 nitrogen and oxygen atoms in total. The molecule has 0 atom stereocenters. The molecule has 0 radical (unpaired) electrons. The number of carboxylic acid groups (broad SMARTS) is 1. The summed E-state index contributed by atoms with van der Waals surface area (Å²) in [7, 11) is 1.66. The molecule has 0 amide bonds. The third-order valence-corrected chi connectivity index (χ3v) is 2.47. The van der Waals surface area contributed by atoms with Crippen LogP contribution in [0.4, 0.5) is 0 Å². The molecular formula is C12H18N2O3. The number of likely N-dealkylation sites (N-methyl/N-ethyl adjacent to an activating group) is 1. The van der Waals surface area contributed by atoms with Crippen LogP contribution in [0.15, 0.2) is 18.2 Å². The standard InChI is InChI=1S/C12H18N2O3/c1-3-14(7-8-17-2)9-10-5-4-6-11(13-10)12(15)16/h4-6H,3,7-9H2,1-2H3,(H,15,16). The molecule has 0 fully saturated rings. The number of ether oxygens (including phenoxy) is 1. The predicted octanol–water partition coefficient (Wildman–Crippen LogP) is 1.25. The summed E-state index contributed by atoms with van der Waals surface area (Å²) in [5.41, 5.74) is 0.855. The molecule has 1 aromatic rings. The van der Waals surface area contributed by atoms with Crippen LogP contribution < -0.4 is 0 Å². The maximum Gasteiger partial charge on any atom is 0.354 e. The van der Waals surface area contributed by atoms with Gasteiger partial charge >= 0.3 is 5.97 Å². The van der Waals surface area contributed by atoms with Gasteiger partial charge in [-0.15, -0.1) is 0 Å². The molecule has 0 aliphatic heterocycles. The monoisotopic (exact) mass is 238 g/mol. The van der Waals surface area contributed by atoms with E-state index in [1.54, 1.807) is 13.2 Å². The second-order valence-corrected chi connectivity index (χ2v) is 3.68. The second kappa shape index (κ2) is 6.98. The van der Waals surface area contributed by atoms with E-state index in [4.69, 9.17) is 9.84 Å². The first-order chi connectivity index (χ1) is 8.17. The Morgan fingerprint density at radius 2 is 2.29 bits per heavy atom. The Morgan fingerprint density at radius 3 is 2.88 bits per heavy atom. The summed E-state index contributed by atoms with van der Waals surface area (Å²) in [5, 5.41) is 8.85. The van der Waals surface area contributed by atoms with E-state index in [0.29, 0.717) is 13.2 Å². The summed E-state index contributed by atoms with van der Waals surface area (Å²) in [5.74, 6) is -0.994. The van der Waals surface area contributed by atoms with Crippen molar-refractivity contribution in [2.45, 2.75) is 13.5 Å². The molecule has 94 valence electrons. The molecule has 0 bridgehead atoms. The fourth-order valence-electron chi connectivity index (χ4n) is 1.49. The number of pyridine rings is 1. The number of carbonyl (C=O) groups is 1. The van der Waals surface area contributed by atoms with Crippen molar-refractivity contribution in [3.63, 3.8) is 0 Å². The fraction of sp³-hybridized carbons (Fsp3) is 0.500. The minimum Gasteiger partial charge on any atom is -0.477 e. The van der Waals surface area contributed by atoms with E-state index in [0.717, 1.165) is 18.8 Å². The van der Waals surface area contributed by atoms with Gasteiger partial charge in [0, 0.05) is 20.2 Å². The Hall–Kier alpha value is -1.46. The SMILES string of the molecule is CCN(CCOC)Cc1cccc(C(=O)O)n1. The number of hydrogen-bond donors (Lipinski definition) is 1. The van der Waals surface area contributed by atoms with Crippen molar-refractivity contribution < 1.29 is 14.6 Å². The normalized spacial score (nSPS) is 10.8. The lowest BCUT2D eigenvalue weighted by molar-refractivity contribution is 0.0689. The van der Waals surface area contributed by atoms with E-state index in [-0.39, 0.29) is 5.69 Å². The number of aromatic carboxylic acids is 1. The Bertz CT molecular complexity index is 369. The molecule has 0 aromatic carbocycles. The first-order valence-corrected chi connectivity index (χ1v) is 5.58. The predicted molar refractivity (Wildman–Crippen MR) is 64.0 cm³/mol. The van der Waals surface area contributed by atoms with Crippen LogP contribution in [-0.4, -0.2) is 47.8 Å². The molecule has 1 N–H and O–H groups in total. The van der Waals surface area contributed by atoms with Gasteiger partial charge in [0.15, 0.2) is 0 Å². The summed E-state index contributed by atoms with van der Waals surface area (Å²) in [6.45, 7) is 5.04. The molecule has 1 aromatic heterocycles. The van der Waals surface area contributed by atoms with Gasteiger partial charge in [-0.05, 0) is 18.7 Å². The number of nitrogens with zero attached hydrogens (tertiary/aromatic N) is 2. The van der Waals surface area contributed by atoms with Crippen LogP contribution in [0.25, 0.3) is 0 Å². The van der Waals surface area contributed by atoms with E-state index in [1.807, 2.05) is 6.07 Å². The largest absolute Gasteiger partial charge is 0.477 e. The van der Waals surface area contributed by atoms with Crippen LogP contribution in [0.5, 0.6) is 0 Å². The Kier molecular flexibility index (Phi) is 5.59. The molecule has 0 saturated carbocycles. The quantitative estimate of drug-likeness (QED) is 0.774. The van der Waals surface area contributed by atoms with Crippen molar-refractivity contribution in [3.05, 3.63) is 29.6 Å². The van der Waals surface area contributed by atoms with Gasteiger partial charge in [0.05, 0.1) is 12.3 Å². The van der Waals surface area contributed by atoms with E-state index in [1.165, 1.54) is 6.07 Å². The highest BCUT2D eigenvalue weighted by atomic mass is 16.5. The summed E-state index contributed by atoms with van der Waals surface area (Å²) < 4.78 is 5.02. The van der Waals surface area contributed by atoms with Crippen LogP contribution >= 0.6 is 0 Å². The second-order valence-electron chi connectivity index (χ2n) is 3.68. The van der Waals surface area contributed by atoms with Gasteiger partial charge in [0.2, 0.25) is 0 Å². The van der Waals surface area contributed by atoms with Crippen molar-refractivity contribution in [2.24, 2.45) is 0 Å². The minimum absolute atomic E-state index is 0.0882. The Balaban J connectivity index is 2.65. The maximum absolute atomic E-state index is 10.8. The number of hydrogen-bond acceptors (Lipinski definition) is 4. The zero-order valence-corrected chi connectivity index (χ0v) is 10.2.